The third-order valence-corrected chi connectivity index (χ3v) is 7.90. The highest BCUT2D eigenvalue weighted by molar-refractivity contribution is 5.89. The van der Waals surface area contributed by atoms with Gasteiger partial charge in [-0.1, -0.05) is 83.5 Å². The molecule has 1 heterocycles. The molecule has 0 aromatic carbocycles. The van der Waals surface area contributed by atoms with E-state index in [1.54, 1.807) is 0 Å². The van der Waals surface area contributed by atoms with Crippen LogP contribution >= 0.6 is 0 Å². The highest BCUT2D eigenvalue weighted by atomic mass is 16.4. The van der Waals surface area contributed by atoms with Crippen molar-refractivity contribution in [2.75, 3.05) is 13.1 Å². The molecule has 6 N–H and O–H groups in total. The van der Waals surface area contributed by atoms with E-state index in [0.29, 0.717) is 37.9 Å². The summed E-state index contributed by atoms with van der Waals surface area (Å²) >= 11 is 0. The Hall–Kier alpha value is -3.28. The number of nitrogens with zero attached hydrogens (tertiary/aromatic N) is 1. The van der Waals surface area contributed by atoms with Gasteiger partial charge in [0, 0.05) is 44.1 Å². The van der Waals surface area contributed by atoms with E-state index in [4.69, 9.17) is 5.11 Å². The van der Waals surface area contributed by atoms with Crippen molar-refractivity contribution in [3.05, 3.63) is 18.2 Å². The van der Waals surface area contributed by atoms with Crippen LogP contribution < -0.4 is 10.6 Å². The van der Waals surface area contributed by atoms with E-state index >= 15 is 0 Å². The van der Waals surface area contributed by atoms with Gasteiger partial charge in [0.25, 0.3) is 0 Å². The summed E-state index contributed by atoms with van der Waals surface area (Å²) in [4.78, 5) is 65.0. The maximum Gasteiger partial charge on any atom is 0.306 e. The summed E-state index contributed by atoms with van der Waals surface area (Å²) in [6, 6.07) is 0. The molecule has 1 rings (SSSR count). The molecule has 0 saturated carbocycles. The van der Waals surface area contributed by atoms with E-state index in [0.717, 1.165) is 38.5 Å². The fourth-order valence-electron chi connectivity index (χ4n) is 5.18. The molecule has 2 amide bonds. The molecule has 0 fully saturated rings. The molecule has 12 nitrogen and oxygen atoms in total. The number of carboxylic acids is 2. The van der Waals surface area contributed by atoms with Crippen LogP contribution in [0.1, 0.15) is 134 Å². The maximum atomic E-state index is 12.2. The summed E-state index contributed by atoms with van der Waals surface area (Å²) in [5.74, 6) is -3.77. The van der Waals surface area contributed by atoms with Gasteiger partial charge < -0.3 is 30.9 Å². The number of unbranched alkanes of at least 4 members (excludes halogenated alkanes) is 14. The fraction of sp³-hybridized carbons (Fsp3) is 0.758. The van der Waals surface area contributed by atoms with Gasteiger partial charge in [-0.3, -0.25) is 24.0 Å². The zero-order chi connectivity index (χ0) is 33.1. The first-order chi connectivity index (χ1) is 21.7. The number of rotatable bonds is 30. The molecule has 0 saturated heterocycles. The number of amides is 2. The van der Waals surface area contributed by atoms with Crippen molar-refractivity contribution in [3.8, 4) is 0 Å². The Morgan fingerprint density at radius 3 is 1.80 bits per heavy atom. The lowest BCUT2D eigenvalue weighted by molar-refractivity contribution is -0.144. The lowest BCUT2D eigenvalue weighted by atomic mass is 9.96. The number of hydrogen-bond acceptors (Lipinski definition) is 7. The minimum absolute atomic E-state index is 0.00676. The van der Waals surface area contributed by atoms with E-state index in [1.165, 1.54) is 63.9 Å². The van der Waals surface area contributed by atoms with Crippen molar-refractivity contribution in [2.24, 2.45) is 5.92 Å². The normalized spacial score (nSPS) is 12.4. The van der Waals surface area contributed by atoms with Crippen LogP contribution in [0.15, 0.2) is 12.5 Å². The number of aliphatic hydroxyl groups is 1. The molecular formula is C33H56N4O8. The van der Waals surface area contributed by atoms with Crippen LogP contribution in [0.2, 0.25) is 0 Å². The largest absolute Gasteiger partial charge is 0.481 e. The van der Waals surface area contributed by atoms with Gasteiger partial charge in [0.15, 0.2) is 5.78 Å². The van der Waals surface area contributed by atoms with E-state index in [1.807, 2.05) is 0 Å². The number of aromatic amines is 1. The monoisotopic (exact) mass is 636 g/mol. The number of aliphatic hydroxyl groups excluding tert-OH is 1. The van der Waals surface area contributed by atoms with Crippen molar-refractivity contribution < 1.29 is 39.3 Å². The van der Waals surface area contributed by atoms with Gasteiger partial charge in [-0.25, -0.2) is 4.98 Å². The van der Waals surface area contributed by atoms with Crippen LogP contribution in [-0.2, 0) is 30.4 Å². The van der Waals surface area contributed by atoms with Crippen LogP contribution in [0.3, 0.4) is 0 Å². The SMILES string of the molecule is O=C(O)CCCCCCCCCCCCCCCCC(=O)NCCCC[C@H](CC(=O)CNC(=O)[C@@H](O)Cc1cnc[nH]1)C(=O)O. The average Bonchev–Trinajstić information content (AvgIpc) is 3.51. The second-order valence-corrected chi connectivity index (χ2v) is 12.0. The van der Waals surface area contributed by atoms with Gasteiger partial charge in [0.05, 0.1) is 18.8 Å². The number of Topliss-reactive ketones (excluding diaryl/α,β-unsaturated/α-hetero) is 1. The first-order valence-electron chi connectivity index (χ1n) is 16.8. The zero-order valence-electron chi connectivity index (χ0n) is 26.9. The molecule has 2 atom stereocenters. The number of aromatic nitrogens is 2. The van der Waals surface area contributed by atoms with Gasteiger partial charge in [0.1, 0.15) is 6.10 Å². The summed E-state index contributed by atoms with van der Waals surface area (Å²) in [7, 11) is 0. The second kappa shape index (κ2) is 26.0. The summed E-state index contributed by atoms with van der Waals surface area (Å²) in [5.41, 5.74) is 0.576. The van der Waals surface area contributed by atoms with Crippen LogP contribution in [0, 0.1) is 5.92 Å². The Kier molecular flexibility index (Phi) is 23.0. The predicted octanol–water partition coefficient (Wildman–Crippen LogP) is 4.70. The van der Waals surface area contributed by atoms with E-state index < -0.39 is 35.7 Å². The third-order valence-electron chi connectivity index (χ3n) is 7.90. The summed E-state index contributed by atoms with van der Waals surface area (Å²) in [5, 5.41) is 33.3. The molecular weight excluding hydrogens is 580 g/mol. The van der Waals surface area contributed by atoms with Gasteiger partial charge >= 0.3 is 11.9 Å². The van der Waals surface area contributed by atoms with Crippen molar-refractivity contribution in [3.63, 3.8) is 0 Å². The standard InChI is InChI=1S/C33H56N4O8/c38-28(24-36-32(43)29(39)22-27-23-34-25-37-27)21-26(33(44)45)17-15-16-20-35-30(40)18-13-11-9-7-5-3-1-2-4-6-8-10-12-14-19-31(41)42/h23,25-26,29,39H,1-22,24H2,(H,34,37)(H,35,40)(H,36,43)(H,41,42)(H,44,45)/t26-,29+/m1/s1. The molecule has 0 aliphatic rings. The van der Waals surface area contributed by atoms with Gasteiger partial charge in [-0.05, 0) is 25.7 Å². The minimum Gasteiger partial charge on any atom is -0.481 e. The summed E-state index contributed by atoms with van der Waals surface area (Å²) in [6.07, 6.45) is 19.5. The van der Waals surface area contributed by atoms with Crippen molar-refractivity contribution in [2.45, 2.75) is 141 Å². The predicted molar refractivity (Wildman–Crippen MR) is 170 cm³/mol. The first-order valence-corrected chi connectivity index (χ1v) is 16.8. The Balaban J connectivity index is 1.96. The molecule has 0 spiro atoms. The average molecular weight is 637 g/mol. The smallest absolute Gasteiger partial charge is 0.306 e. The molecule has 0 bridgehead atoms. The van der Waals surface area contributed by atoms with E-state index in [-0.39, 0.29) is 31.7 Å². The molecule has 45 heavy (non-hydrogen) atoms. The first kappa shape index (κ1) is 39.7. The van der Waals surface area contributed by atoms with Gasteiger partial charge in [-0.2, -0.15) is 0 Å². The van der Waals surface area contributed by atoms with Crippen LogP contribution in [-0.4, -0.2) is 74.0 Å². The quantitative estimate of drug-likeness (QED) is 0.0648. The number of hydrogen-bond donors (Lipinski definition) is 6. The highest BCUT2D eigenvalue weighted by Gasteiger charge is 2.22. The number of carbonyl (C=O) groups is 5. The Morgan fingerprint density at radius 2 is 1.29 bits per heavy atom. The Bertz CT molecular complexity index is 970. The number of imidazole rings is 1. The molecule has 0 radical (unpaired) electrons. The van der Waals surface area contributed by atoms with E-state index in [2.05, 4.69) is 20.6 Å². The molecule has 1 aromatic rings. The summed E-state index contributed by atoms with van der Waals surface area (Å²) < 4.78 is 0. The molecule has 0 aliphatic carbocycles. The number of nitrogens with one attached hydrogen (secondary N) is 3. The lowest BCUT2D eigenvalue weighted by Gasteiger charge is -2.13. The lowest BCUT2D eigenvalue weighted by Crippen LogP contribution is -2.39. The van der Waals surface area contributed by atoms with Gasteiger partial charge in [-0.15, -0.1) is 0 Å². The Morgan fingerprint density at radius 1 is 0.733 bits per heavy atom. The van der Waals surface area contributed by atoms with Crippen molar-refractivity contribution >= 4 is 29.5 Å². The topological polar surface area (TPSA) is 199 Å². The molecule has 0 aliphatic heterocycles. The van der Waals surface area contributed by atoms with Gasteiger partial charge in [0.2, 0.25) is 11.8 Å². The molecule has 0 unspecified atom stereocenters. The molecule has 1 aromatic heterocycles. The molecule has 256 valence electrons. The fourth-order valence-corrected chi connectivity index (χ4v) is 5.18. The number of carboxylic acid groups (broad SMARTS) is 2. The van der Waals surface area contributed by atoms with Crippen molar-refractivity contribution in [1.29, 1.82) is 0 Å². The van der Waals surface area contributed by atoms with Crippen LogP contribution in [0.4, 0.5) is 0 Å². The third kappa shape index (κ3) is 22.8. The maximum absolute atomic E-state index is 12.2. The zero-order valence-corrected chi connectivity index (χ0v) is 26.9. The number of carbonyl (C=O) groups excluding carboxylic acids is 3. The second-order valence-electron chi connectivity index (χ2n) is 12.0. The number of ketones is 1. The van der Waals surface area contributed by atoms with Crippen LogP contribution in [0.25, 0.3) is 0 Å². The van der Waals surface area contributed by atoms with Crippen molar-refractivity contribution in [1.82, 2.24) is 20.6 Å². The molecule has 12 heteroatoms. The number of H-pyrrole nitrogens is 1. The Labute approximate surface area is 267 Å². The highest BCUT2D eigenvalue weighted by Crippen LogP contribution is 2.15. The summed E-state index contributed by atoms with van der Waals surface area (Å²) in [6.45, 7) is 0.119. The number of aliphatic carboxylic acids is 2. The van der Waals surface area contributed by atoms with Crippen LogP contribution in [0.5, 0.6) is 0 Å². The minimum atomic E-state index is -1.35. The van der Waals surface area contributed by atoms with E-state index in [9.17, 15) is 34.2 Å².